The van der Waals surface area contributed by atoms with Gasteiger partial charge in [-0.25, -0.2) is 0 Å². The van der Waals surface area contributed by atoms with Gasteiger partial charge in [0, 0.05) is 0 Å². The zero-order valence-electron chi connectivity index (χ0n) is 12.2. The van der Waals surface area contributed by atoms with Gasteiger partial charge in [-0.2, -0.15) is 0 Å². The van der Waals surface area contributed by atoms with Crippen LogP contribution >= 0.6 is 0 Å². The Morgan fingerprint density at radius 3 is 1.47 bits per heavy atom. The van der Waals surface area contributed by atoms with Crippen LogP contribution in [0.5, 0.6) is 0 Å². The van der Waals surface area contributed by atoms with Crippen molar-refractivity contribution >= 4 is 20.5 Å². The molecule has 17 heavy (non-hydrogen) atoms. The van der Waals surface area contributed by atoms with Gasteiger partial charge in [0.2, 0.25) is 0 Å². The van der Waals surface area contributed by atoms with E-state index in [4.69, 9.17) is 0 Å². The van der Waals surface area contributed by atoms with Crippen LogP contribution in [0.2, 0.25) is 12.1 Å². The van der Waals surface area contributed by atoms with Gasteiger partial charge in [-0.3, -0.25) is 0 Å². The summed E-state index contributed by atoms with van der Waals surface area (Å²) in [6.07, 6.45) is 4.71. The van der Waals surface area contributed by atoms with Crippen LogP contribution in [0.25, 0.3) is 0 Å². The fourth-order valence-corrected chi connectivity index (χ4v) is 3.68. The molecule has 0 fully saturated rings. The van der Waals surface area contributed by atoms with E-state index in [0.717, 1.165) is 0 Å². The summed E-state index contributed by atoms with van der Waals surface area (Å²) in [5.41, 5.74) is 6.02. The zero-order chi connectivity index (χ0) is 13.3. The van der Waals surface area contributed by atoms with Gasteiger partial charge in [0.05, 0.1) is 0 Å². The molecule has 0 amide bonds. The van der Waals surface area contributed by atoms with Crippen molar-refractivity contribution in [3.63, 3.8) is 0 Å². The van der Waals surface area contributed by atoms with Crippen molar-refractivity contribution in [2.24, 2.45) is 0 Å². The van der Waals surface area contributed by atoms with Crippen molar-refractivity contribution in [2.45, 2.75) is 39.8 Å². The van der Waals surface area contributed by atoms with Crippen LogP contribution in [0.15, 0.2) is 42.0 Å². The molecular weight excluding hydrogens is 316 g/mol. The molecule has 0 aromatic carbocycles. The standard InChI is InChI=1S/2C7H13Si.Zr/c2*1-6(2)4-7(3)5-8;/h2*1,4H,5H2,2-3,8H3;. The molecule has 0 rings (SSSR count). The van der Waals surface area contributed by atoms with Crippen LogP contribution in [-0.2, 0) is 23.2 Å². The first-order valence-corrected chi connectivity index (χ1v) is 12.1. The average molecular weight is 342 g/mol. The Hall–Kier alpha value is 0.277. The third-order valence-electron chi connectivity index (χ3n) is 2.69. The third-order valence-corrected chi connectivity index (χ3v) is 7.97. The van der Waals surface area contributed by atoms with Crippen molar-refractivity contribution in [2.75, 3.05) is 0 Å². The Balaban J connectivity index is 4.39. The Kier molecular flexibility index (Phi) is 10.4. The quantitative estimate of drug-likeness (QED) is 0.514. The van der Waals surface area contributed by atoms with E-state index in [0.29, 0.717) is 0 Å². The van der Waals surface area contributed by atoms with Crippen LogP contribution in [-0.4, -0.2) is 20.5 Å². The summed E-state index contributed by atoms with van der Waals surface area (Å²) in [6, 6.07) is 2.60. The van der Waals surface area contributed by atoms with E-state index in [1.807, 2.05) is 0 Å². The molecule has 94 valence electrons. The van der Waals surface area contributed by atoms with Crippen LogP contribution in [0.3, 0.4) is 0 Å². The van der Waals surface area contributed by atoms with Crippen molar-refractivity contribution in [3.8, 4) is 0 Å². The van der Waals surface area contributed by atoms with E-state index in [-0.39, 0.29) is 0 Å². The molecule has 0 nitrogen and oxygen atoms in total. The Morgan fingerprint density at radius 2 is 1.18 bits per heavy atom. The SMILES string of the molecule is CC(=[CH][Zr][CH]=C(C)C=C(C)C[SiH3])C=C(C)C[SiH3]. The van der Waals surface area contributed by atoms with Gasteiger partial charge in [-0.15, -0.1) is 0 Å². The second kappa shape index (κ2) is 10.2. The van der Waals surface area contributed by atoms with Gasteiger partial charge in [0.25, 0.3) is 0 Å². The molecule has 0 aliphatic rings. The molecule has 0 spiro atoms. The van der Waals surface area contributed by atoms with Crippen molar-refractivity contribution in [1.29, 1.82) is 0 Å². The normalized spacial score (nSPS) is 15.5. The Bertz CT molecular complexity index is 315. The molecule has 0 aromatic rings. The molecule has 0 aliphatic heterocycles. The number of allylic oxidation sites excluding steroid dienone is 6. The molecule has 0 saturated heterocycles. The van der Waals surface area contributed by atoms with E-state index in [9.17, 15) is 0 Å². The molecule has 0 aliphatic carbocycles. The fraction of sp³-hybridized carbons (Fsp3) is 0.429. The summed E-state index contributed by atoms with van der Waals surface area (Å²) in [4.78, 5) is 0. The summed E-state index contributed by atoms with van der Waals surface area (Å²) in [5, 5.41) is 0. The maximum atomic E-state index is 2.48. The number of hydrogen-bond acceptors (Lipinski definition) is 0. The van der Waals surface area contributed by atoms with E-state index >= 15 is 0 Å². The van der Waals surface area contributed by atoms with Gasteiger partial charge in [0.15, 0.2) is 0 Å². The van der Waals surface area contributed by atoms with Crippen molar-refractivity contribution in [1.82, 2.24) is 0 Å². The topological polar surface area (TPSA) is 0 Å². The first kappa shape index (κ1) is 17.3. The predicted molar refractivity (Wildman–Crippen MR) is 84.5 cm³/mol. The van der Waals surface area contributed by atoms with E-state index in [2.05, 4.69) is 47.4 Å². The van der Waals surface area contributed by atoms with Gasteiger partial charge in [-0.05, 0) is 0 Å². The van der Waals surface area contributed by atoms with Crippen LogP contribution in [0, 0.1) is 0 Å². The molecule has 0 aromatic heterocycles. The van der Waals surface area contributed by atoms with Crippen molar-refractivity contribution < 1.29 is 23.2 Å². The van der Waals surface area contributed by atoms with E-state index < -0.39 is 23.2 Å². The minimum absolute atomic E-state index is 0.450. The molecule has 0 N–H and O–H groups in total. The molecule has 0 heterocycles. The zero-order valence-corrected chi connectivity index (χ0v) is 18.7. The molecule has 3 heteroatoms. The Labute approximate surface area is 125 Å². The number of hydrogen-bond donors (Lipinski definition) is 0. The Morgan fingerprint density at radius 1 is 0.824 bits per heavy atom. The monoisotopic (exact) mass is 340 g/mol. The first-order chi connectivity index (χ1) is 7.99. The van der Waals surface area contributed by atoms with Gasteiger partial charge in [0.1, 0.15) is 0 Å². The minimum atomic E-state index is -0.450. The van der Waals surface area contributed by atoms with Crippen LogP contribution in [0.4, 0.5) is 0 Å². The second-order valence-corrected chi connectivity index (χ2v) is 8.28. The second-order valence-electron chi connectivity index (χ2n) is 4.63. The van der Waals surface area contributed by atoms with Gasteiger partial charge < -0.3 is 0 Å². The van der Waals surface area contributed by atoms with Crippen LogP contribution < -0.4 is 0 Å². The molecule has 0 saturated carbocycles. The third kappa shape index (κ3) is 9.93. The summed E-state index contributed by atoms with van der Waals surface area (Å²) in [7, 11) is 2.56. The molecular formula is C14H26Si2Zr. The first-order valence-electron chi connectivity index (χ1n) is 6.43. The molecule has 0 radical (unpaired) electrons. The van der Waals surface area contributed by atoms with E-state index in [1.165, 1.54) is 54.9 Å². The predicted octanol–water partition coefficient (Wildman–Crippen LogP) is 2.34. The van der Waals surface area contributed by atoms with Crippen molar-refractivity contribution in [3.05, 3.63) is 42.0 Å². The van der Waals surface area contributed by atoms with Gasteiger partial charge >= 0.3 is 126 Å². The fourth-order valence-electron chi connectivity index (χ4n) is 1.37. The molecule has 0 atom stereocenters. The summed E-state index contributed by atoms with van der Waals surface area (Å²) in [5.74, 6) is 0. The molecule has 0 unspecified atom stereocenters. The molecule has 0 bridgehead atoms. The van der Waals surface area contributed by atoms with Gasteiger partial charge in [-0.1, -0.05) is 0 Å². The summed E-state index contributed by atoms with van der Waals surface area (Å²) >= 11 is -0.450. The van der Waals surface area contributed by atoms with E-state index in [1.54, 1.807) is 0 Å². The maximum absolute atomic E-state index is 2.48. The summed E-state index contributed by atoms with van der Waals surface area (Å²) in [6.45, 7) is 8.97. The van der Waals surface area contributed by atoms with Crippen LogP contribution in [0.1, 0.15) is 27.7 Å². The average Bonchev–Trinajstić information content (AvgIpc) is 2.28. The number of rotatable bonds is 6. The summed E-state index contributed by atoms with van der Waals surface area (Å²) < 4.78 is 4.97.